The molecule has 2 N–H and O–H groups in total. The maximum atomic E-state index is 9.73. The zero-order valence-corrected chi connectivity index (χ0v) is 12.7. The van der Waals surface area contributed by atoms with Crippen molar-refractivity contribution in [2.75, 3.05) is 13.3 Å². The lowest BCUT2D eigenvalue weighted by Crippen LogP contribution is -2.26. The molecule has 1 unspecified atom stereocenters. The molecule has 0 saturated carbocycles. The first kappa shape index (κ1) is 15.5. The van der Waals surface area contributed by atoms with E-state index in [0.29, 0.717) is 42.7 Å². The first-order chi connectivity index (χ1) is 11.3. The van der Waals surface area contributed by atoms with E-state index < -0.39 is 6.10 Å². The number of ether oxygens (including phenoxy) is 2. The van der Waals surface area contributed by atoms with Crippen LogP contribution >= 0.6 is 0 Å². The third-order valence-electron chi connectivity index (χ3n) is 3.46. The lowest BCUT2D eigenvalue weighted by molar-refractivity contribution is 0.161. The molecular formula is C16H19N3O4. The van der Waals surface area contributed by atoms with Crippen LogP contribution in [0.1, 0.15) is 18.7 Å². The van der Waals surface area contributed by atoms with Gasteiger partial charge in [-0.1, -0.05) is 11.2 Å². The minimum absolute atomic E-state index is 0.231. The number of hydrogen-bond donors (Lipinski definition) is 2. The van der Waals surface area contributed by atoms with Gasteiger partial charge in [0.25, 0.3) is 0 Å². The highest BCUT2D eigenvalue weighted by molar-refractivity contribution is 5.61. The van der Waals surface area contributed by atoms with Crippen LogP contribution in [0.5, 0.6) is 11.5 Å². The molecular weight excluding hydrogens is 298 g/mol. The van der Waals surface area contributed by atoms with Gasteiger partial charge in [-0.05, 0) is 31.0 Å². The van der Waals surface area contributed by atoms with Gasteiger partial charge in [0.1, 0.15) is 0 Å². The predicted molar refractivity (Wildman–Crippen MR) is 83.0 cm³/mol. The number of aliphatic hydroxyl groups is 1. The van der Waals surface area contributed by atoms with E-state index in [1.54, 1.807) is 6.08 Å². The zero-order valence-electron chi connectivity index (χ0n) is 12.7. The molecule has 0 amide bonds. The van der Waals surface area contributed by atoms with Gasteiger partial charge in [0, 0.05) is 12.1 Å². The molecule has 1 aromatic heterocycles. The van der Waals surface area contributed by atoms with Crippen LogP contribution in [0.4, 0.5) is 0 Å². The van der Waals surface area contributed by atoms with Gasteiger partial charge in [-0.25, -0.2) is 0 Å². The smallest absolute Gasteiger partial charge is 0.240 e. The van der Waals surface area contributed by atoms with Gasteiger partial charge < -0.3 is 24.4 Å². The van der Waals surface area contributed by atoms with Crippen molar-refractivity contribution in [2.45, 2.75) is 25.5 Å². The maximum Gasteiger partial charge on any atom is 0.240 e. The molecule has 7 nitrogen and oxygen atoms in total. The lowest BCUT2D eigenvalue weighted by atomic mass is 10.2. The van der Waals surface area contributed by atoms with Crippen molar-refractivity contribution in [1.82, 2.24) is 15.5 Å². The van der Waals surface area contributed by atoms with E-state index in [-0.39, 0.29) is 6.79 Å². The van der Waals surface area contributed by atoms with Crippen LogP contribution in [0.3, 0.4) is 0 Å². The Bertz CT molecular complexity index is 671. The number of fused-ring (bicyclic) bond motifs is 1. The molecule has 7 heteroatoms. The molecule has 0 bridgehead atoms. The molecule has 0 fully saturated rings. The highest BCUT2D eigenvalue weighted by Crippen LogP contribution is 2.35. The van der Waals surface area contributed by atoms with Gasteiger partial charge in [-0.2, -0.15) is 4.98 Å². The Kier molecular flexibility index (Phi) is 4.89. The van der Waals surface area contributed by atoms with Crippen molar-refractivity contribution in [1.29, 1.82) is 0 Å². The molecule has 0 aliphatic carbocycles. The third kappa shape index (κ3) is 3.88. The summed E-state index contributed by atoms with van der Waals surface area (Å²) in [5.41, 5.74) is 0.801. The monoisotopic (exact) mass is 317 g/mol. The van der Waals surface area contributed by atoms with Crippen molar-refractivity contribution in [2.24, 2.45) is 0 Å². The van der Waals surface area contributed by atoms with E-state index in [4.69, 9.17) is 14.0 Å². The fraction of sp³-hybridized carbons (Fsp3) is 0.375. The Morgan fingerprint density at radius 2 is 2.22 bits per heavy atom. The highest BCUT2D eigenvalue weighted by atomic mass is 16.7. The Morgan fingerprint density at radius 3 is 3.09 bits per heavy atom. The second-order valence-corrected chi connectivity index (χ2v) is 5.23. The number of aliphatic hydroxyl groups excluding tert-OH is 1. The summed E-state index contributed by atoms with van der Waals surface area (Å²) in [6.45, 7) is 4.74. The number of allylic oxidation sites excluding steroid dienone is 1. The Balaban J connectivity index is 1.55. The first-order valence-corrected chi connectivity index (χ1v) is 7.48. The number of rotatable bonds is 8. The van der Waals surface area contributed by atoms with Gasteiger partial charge in [0.05, 0.1) is 12.6 Å². The van der Waals surface area contributed by atoms with Crippen LogP contribution in [0.15, 0.2) is 35.4 Å². The molecule has 0 radical (unpaired) electrons. The Morgan fingerprint density at radius 1 is 1.35 bits per heavy atom. The topological polar surface area (TPSA) is 89.6 Å². The maximum absolute atomic E-state index is 9.73. The molecule has 2 heterocycles. The van der Waals surface area contributed by atoms with Crippen LogP contribution in [-0.4, -0.2) is 34.7 Å². The fourth-order valence-electron chi connectivity index (χ4n) is 2.24. The summed E-state index contributed by atoms with van der Waals surface area (Å²) in [7, 11) is 0. The molecule has 1 aliphatic rings. The molecule has 0 saturated heterocycles. The molecule has 3 rings (SSSR count). The fourth-order valence-corrected chi connectivity index (χ4v) is 2.24. The summed E-state index contributed by atoms with van der Waals surface area (Å²) in [6.07, 6.45) is 2.85. The van der Waals surface area contributed by atoms with Gasteiger partial charge in [0.15, 0.2) is 11.5 Å². The summed E-state index contributed by atoms with van der Waals surface area (Å²) >= 11 is 0. The molecule has 1 aliphatic heterocycles. The standard InChI is InChI=1S/C16H19N3O4/c1-2-3-4-12(20)8-17-9-15-18-16(19-23-15)11-5-6-13-14(7-11)22-10-21-13/h2,5-7,12,17,20H,1,3-4,8-10H2. The summed E-state index contributed by atoms with van der Waals surface area (Å²) in [5.74, 6) is 2.35. The van der Waals surface area contributed by atoms with E-state index in [2.05, 4.69) is 22.0 Å². The van der Waals surface area contributed by atoms with Crippen LogP contribution in [-0.2, 0) is 6.54 Å². The number of nitrogens with zero attached hydrogens (tertiary/aromatic N) is 2. The number of hydrogen-bond acceptors (Lipinski definition) is 7. The lowest BCUT2D eigenvalue weighted by Gasteiger charge is -2.08. The van der Waals surface area contributed by atoms with E-state index in [1.165, 1.54) is 0 Å². The summed E-state index contributed by atoms with van der Waals surface area (Å²) in [6, 6.07) is 5.50. The number of benzene rings is 1. The molecule has 2 aromatic rings. The van der Waals surface area contributed by atoms with Gasteiger partial charge in [0.2, 0.25) is 18.5 Å². The minimum Gasteiger partial charge on any atom is -0.454 e. The van der Waals surface area contributed by atoms with Crippen molar-refractivity contribution in [3.05, 3.63) is 36.7 Å². The van der Waals surface area contributed by atoms with Crippen LogP contribution < -0.4 is 14.8 Å². The molecule has 23 heavy (non-hydrogen) atoms. The van der Waals surface area contributed by atoms with Crippen molar-refractivity contribution in [3.63, 3.8) is 0 Å². The van der Waals surface area contributed by atoms with Crippen molar-refractivity contribution in [3.8, 4) is 22.9 Å². The summed E-state index contributed by atoms with van der Waals surface area (Å²) in [4.78, 5) is 4.33. The van der Waals surface area contributed by atoms with Crippen LogP contribution in [0, 0.1) is 0 Å². The van der Waals surface area contributed by atoms with E-state index in [9.17, 15) is 5.11 Å². The quantitative estimate of drug-likeness (QED) is 0.718. The zero-order chi connectivity index (χ0) is 16.1. The second-order valence-electron chi connectivity index (χ2n) is 5.23. The largest absolute Gasteiger partial charge is 0.454 e. The average molecular weight is 317 g/mol. The van der Waals surface area contributed by atoms with Crippen LogP contribution in [0.2, 0.25) is 0 Å². The molecule has 122 valence electrons. The van der Waals surface area contributed by atoms with Crippen molar-refractivity contribution < 1.29 is 19.1 Å². The van der Waals surface area contributed by atoms with Crippen LogP contribution in [0.25, 0.3) is 11.4 Å². The van der Waals surface area contributed by atoms with E-state index in [0.717, 1.165) is 12.0 Å². The predicted octanol–water partition coefficient (Wildman–Crippen LogP) is 1.88. The average Bonchev–Trinajstić information content (AvgIpc) is 3.21. The van der Waals surface area contributed by atoms with Gasteiger partial charge in [-0.15, -0.1) is 6.58 Å². The highest BCUT2D eigenvalue weighted by Gasteiger charge is 2.16. The third-order valence-corrected chi connectivity index (χ3v) is 3.46. The SMILES string of the molecule is C=CCCC(O)CNCc1nc(-c2ccc3c(c2)OCO3)no1. The molecule has 0 spiro atoms. The normalized spacial score (nSPS) is 14.0. The molecule has 1 aromatic carbocycles. The van der Waals surface area contributed by atoms with Gasteiger partial charge in [-0.3, -0.25) is 0 Å². The van der Waals surface area contributed by atoms with E-state index >= 15 is 0 Å². The number of aromatic nitrogens is 2. The molecule has 1 atom stereocenters. The Hall–Kier alpha value is -2.38. The second kappa shape index (κ2) is 7.26. The van der Waals surface area contributed by atoms with E-state index in [1.807, 2.05) is 18.2 Å². The van der Waals surface area contributed by atoms with Crippen molar-refractivity contribution >= 4 is 0 Å². The Labute approximate surface area is 133 Å². The summed E-state index contributed by atoms with van der Waals surface area (Å²) in [5, 5.41) is 16.8. The van der Waals surface area contributed by atoms with Gasteiger partial charge >= 0.3 is 0 Å². The number of nitrogens with one attached hydrogen (secondary N) is 1. The first-order valence-electron chi connectivity index (χ1n) is 7.48. The minimum atomic E-state index is -0.413. The summed E-state index contributed by atoms with van der Waals surface area (Å²) < 4.78 is 15.8.